The number of methoxy groups -OCH3 is 1. The van der Waals surface area contributed by atoms with Gasteiger partial charge in [0.25, 0.3) is 0 Å². The molecule has 0 bridgehead atoms. The summed E-state index contributed by atoms with van der Waals surface area (Å²) >= 11 is 0. The first kappa shape index (κ1) is 14.6. The first-order chi connectivity index (χ1) is 9.61. The zero-order valence-electron chi connectivity index (χ0n) is 12.6. The third kappa shape index (κ3) is 3.39. The van der Waals surface area contributed by atoms with Crippen LogP contribution in [-0.2, 0) is 4.74 Å². The Bertz CT molecular complexity index is 536. The van der Waals surface area contributed by atoms with Gasteiger partial charge in [-0.1, -0.05) is 30.3 Å². The second-order valence-corrected chi connectivity index (χ2v) is 5.19. The van der Waals surface area contributed by atoms with Crippen molar-refractivity contribution < 1.29 is 4.74 Å². The summed E-state index contributed by atoms with van der Waals surface area (Å²) in [6.45, 7) is 6.95. The van der Waals surface area contributed by atoms with Crippen LogP contribution in [0.15, 0.2) is 36.5 Å². The molecule has 0 fully saturated rings. The normalized spacial score (nSPS) is 14.0. The van der Waals surface area contributed by atoms with Gasteiger partial charge in [0.15, 0.2) is 0 Å². The number of ether oxygens (including phenoxy) is 1. The minimum absolute atomic E-state index is 0.214. The minimum Gasteiger partial charge on any atom is -0.383 e. The van der Waals surface area contributed by atoms with E-state index in [1.165, 1.54) is 5.56 Å². The van der Waals surface area contributed by atoms with Gasteiger partial charge in [-0.2, -0.15) is 0 Å². The molecule has 0 aliphatic rings. The molecule has 1 aromatic carbocycles. The average molecular weight is 273 g/mol. The first-order valence-electron chi connectivity index (χ1n) is 6.97. The van der Waals surface area contributed by atoms with Gasteiger partial charge >= 0.3 is 0 Å². The molecule has 0 saturated carbocycles. The summed E-state index contributed by atoms with van der Waals surface area (Å²) in [6.07, 6.45) is 2.06. The van der Waals surface area contributed by atoms with Crippen molar-refractivity contribution in [1.29, 1.82) is 0 Å². The van der Waals surface area contributed by atoms with Crippen molar-refractivity contribution >= 4 is 5.95 Å². The van der Waals surface area contributed by atoms with E-state index in [2.05, 4.69) is 59.2 Å². The highest BCUT2D eigenvalue weighted by molar-refractivity contribution is 5.34. The Balaban J connectivity index is 2.17. The fraction of sp³-hybridized carbons (Fsp3) is 0.438. The Kier molecular flexibility index (Phi) is 4.79. The molecule has 2 rings (SSSR count). The molecule has 1 N–H and O–H groups in total. The fourth-order valence-electron chi connectivity index (χ4n) is 2.30. The van der Waals surface area contributed by atoms with E-state index in [-0.39, 0.29) is 12.1 Å². The molecule has 108 valence electrons. The van der Waals surface area contributed by atoms with E-state index in [9.17, 15) is 0 Å². The van der Waals surface area contributed by atoms with Crippen molar-refractivity contribution in [3.05, 3.63) is 47.8 Å². The first-order valence-corrected chi connectivity index (χ1v) is 6.97. The molecule has 1 aromatic heterocycles. The molecule has 4 nitrogen and oxygen atoms in total. The molecule has 2 aromatic rings. The molecule has 0 aliphatic heterocycles. The largest absolute Gasteiger partial charge is 0.383 e. The molecule has 0 radical (unpaired) electrons. The lowest BCUT2D eigenvalue weighted by Crippen LogP contribution is -2.16. The monoisotopic (exact) mass is 273 g/mol. The van der Waals surface area contributed by atoms with Gasteiger partial charge in [-0.3, -0.25) is 0 Å². The van der Waals surface area contributed by atoms with Crippen LogP contribution < -0.4 is 5.32 Å². The molecule has 2 atom stereocenters. The molecule has 20 heavy (non-hydrogen) atoms. The Morgan fingerprint density at radius 1 is 1.25 bits per heavy atom. The number of benzene rings is 1. The lowest BCUT2D eigenvalue weighted by atomic mass is 10.1. The molecular formula is C16H23N3O. The predicted molar refractivity (Wildman–Crippen MR) is 82.0 cm³/mol. The Morgan fingerprint density at radius 2 is 1.95 bits per heavy atom. The van der Waals surface area contributed by atoms with Crippen LogP contribution in [0.3, 0.4) is 0 Å². The zero-order valence-corrected chi connectivity index (χ0v) is 12.6. The summed E-state index contributed by atoms with van der Waals surface area (Å²) in [5, 5.41) is 3.48. The van der Waals surface area contributed by atoms with Crippen LogP contribution in [0.5, 0.6) is 0 Å². The second-order valence-electron chi connectivity index (χ2n) is 5.19. The average Bonchev–Trinajstić information content (AvgIpc) is 2.81. The molecule has 0 aliphatic carbocycles. The Hall–Kier alpha value is -1.81. The van der Waals surface area contributed by atoms with Crippen molar-refractivity contribution in [3.63, 3.8) is 0 Å². The van der Waals surface area contributed by atoms with E-state index < -0.39 is 0 Å². The van der Waals surface area contributed by atoms with Gasteiger partial charge in [-0.25, -0.2) is 4.98 Å². The molecule has 4 heteroatoms. The molecule has 1 heterocycles. The van der Waals surface area contributed by atoms with Gasteiger partial charge in [0.05, 0.1) is 24.4 Å². The van der Waals surface area contributed by atoms with Crippen molar-refractivity contribution in [2.75, 3.05) is 19.0 Å². The second kappa shape index (κ2) is 6.57. The number of rotatable bonds is 6. The molecule has 0 spiro atoms. The highest BCUT2D eigenvalue weighted by Gasteiger charge is 2.14. The molecule has 2 unspecified atom stereocenters. The summed E-state index contributed by atoms with van der Waals surface area (Å²) < 4.78 is 7.37. The third-order valence-electron chi connectivity index (χ3n) is 3.38. The SMILES string of the molecule is COCC(C)n1cc(C)nc1NC(C)c1ccccc1. The van der Waals surface area contributed by atoms with E-state index in [0.717, 1.165) is 11.6 Å². The number of aryl methyl sites for hydroxylation is 1. The summed E-state index contributed by atoms with van der Waals surface area (Å²) in [6, 6.07) is 10.9. The van der Waals surface area contributed by atoms with Crippen LogP contribution in [0.1, 0.15) is 37.2 Å². The van der Waals surface area contributed by atoms with Crippen LogP contribution in [0.2, 0.25) is 0 Å². The number of nitrogens with one attached hydrogen (secondary N) is 1. The van der Waals surface area contributed by atoms with Crippen LogP contribution >= 0.6 is 0 Å². The topological polar surface area (TPSA) is 39.1 Å². The number of hydrogen-bond donors (Lipinski definition) is 1. The van der Waals surface area contributed by atoms with Crippen LogP contribution in [-0.4, -0.2) is 23.3 Å². The summed E-state index contributed by atoms with van der Waals surface area (Å²) in [4.78, 5) is 4.58. The van der Waals surface area contributed by atoms with Gasteiger partial charge in [0.1, 0.15) is 0 Å². The standard InChI is InChI=1S/C16H23N3O/c1-12-10-19(13(2)11-20-4)16(17-12)18-14(3)15-8-6-5-7-9-15/h5-10,13-14H,11H2,1-4H3,(H,17,18). The highest BCUT2D eigenvalue weighted by atomic mass is 16.5. The Labute approximate surface area is 120 Å². The van der Waals surface area contributed by atoms with E-state index in [1.807, 2.05) is 13.0 Å². The van der Waals surface area contributed by atoms with Gasteiger partial charge < -0.3 is 14.6 Å². The van der Waals surface area contributed by atoms with Gasteiger partial charge in [0.2, 0.25) is 5.95 Å². The maximum absolute atomic E-state index is 5.24. The van der Waals surface area contributed by atoms with Gasteiger partial charge in [0, 0.05) is 13.3 Å². The van der Waals surface area contributed by atoms with E-state index in [1.54, 1.807) is 7.11 Å². The van der Waals surface area contributed by atoms with Crippen LogP contribution in [0.25, 0.3) is 0 Å². The quantitative estimate of drug-likeness (QED) is 0.874. The smallest absolute Gasteiger partial charge is 0.203 e. The predicted octanol–water partition coefficient (Wildman–Crippen LogP) is 3.57. The minimum atomic E-state index is 0.214. The maximum atomic E-state index is 5.24. The summed E-state index contributed by atoms with van der Waals surface area (Å²) in [7, 11) is 1.72. The van der Waals surface area contributed by atoms with E-state index >= 15 is 0 Å². The van der Waals surface area contributed by atoms with Crippen molar-refractivity contribution in [2.45, 2.75) is 32.9 Å². The van der Waals surface area contributed by atoms with Crippen LogP contribution in [0, 0.1) is 6.92 Å². The Morgan fingerprint density at radius 3 is 2.60 bits per heavy atom. The summed E-state index contributed by atoms with van der Waals surface area (Å²) in [5.74, 6) is 0.892. The third-order valence-corrected chi connectivity index (χ3v) is 3.38. The maximum Gasteiger partial charge on any atom is 0.203 e. The number of nitrogens with zero attached hydrogens (tertiary/aromatic N) is 2. The fourth-order valence-corrected chi connectivity index (χ4v) is 2.30. The zero-order chi connectivity index (χ0) is 14.5. The number of hydrogen-bond acceptors (Lipinski definition) is 3. The summed E-state index contributed by atoms with van der Waals surface area (Å²) in [5.41, 5.74) is 2.26. The number of aromatic nitrogens is 2. The van der Waals surface area contributed by atoms with Crippen molar-refractivity contribution in [2.24, 2.45) is 0 Å². The highest BCUT2D eigenvalue weighted by Crippen LogP contribution is 2.21. The van der Waals surface area contributed by atoms with E-state index in [0.29, 0.717) is 6.61 Å². The lowest BCUT2D eigenvalue weighted by Gasteiger charge is -2.19. The van der Waals surface area contributed by atoms with Crippen molar-refractivity contribution in [3.8, 4) is 0 Å². The molecule has 0 saturated heterocycles. The van der Waals surface area contributed by atoms with Crippen molar-refractivity contribution in [1.82, 2.24) is 9.55 Å². The van der Waals surface area contributed by atoms with E-state index in [4.69, 9.17) is 4.74 Å². The van der Waals surface area contributed by atoms with Crippen LogP contribution in [0.4, 0.5) is 5.95 Å². The number of imidazole rings is 1. The van der Waals surface area contributed by atoms with Gasteiger partial charge in [-0.05, 0) is 26.3 Å². The van der Waals surface area contributed by atoms with Gasteiger partial charge in [-0.15, -0.1) is 0 Å². The molecule has 0 amide bonds. The lowest BCUT2D eigenvalue weighted by molar-refractivity contribution is 0.163. The number of anilines is 1. The molecular weight excluding hydrogens is 250 g/mol.